The van der Waals surface area contributed by atoms with Crippen LogP contribution in [0.1, 0.15) is 17.3 Å². The fraction of sp³-hybridized carbons (Fsp3) is 0.417. The van der Waals surface area contributed by atoms with Gasteiger partial charge in [0.25, 0.3) is 5.91 Å². The van der Waals surface area contributed by atoms with Gasteiger partial charge in [0, 0.05) is 16.6 Å². The first kappa shape index (κ1) is 14.5. The molecule has 0 radical (unpaired) electrons. The van der Waals surface area contributed by atoms with E-state index in [0.717, 1.165) is 11.0 Å². The minimum Gasteiger partial charge on any atom is -0.352 e. The predicted molar refractivity (Wildman–Crippen MR) is 74.6 cm³/mol. The molecule has 0 aliphatic heterocycles. The zero-order chi connectivity index (χ0) is 12.8. The highest BCUT2D eigenvalue weighted by molar-refractivity contribution is 9.10. The van der Waals surface area contributed by atoms with Crippen molar-refractivity contribution in [3.05, 3.63) is 33.3 Å². The van der Waals surface area contributed by atoms with Crippen LogP contribution in [0.2, 0.25) is 5.02 Å². The highest BCUT2D eigenvalue weighted by Gasteiger charge is 2.09. The van der Waals surface area contributed by atoms with E-state index >= 15 is 0 Å². The Morgan fingerprint density at radius 1 is 1.47 bits per heavy atom. The Labute approximate surface area is 115 Å². The van der Waals surface area contributed by atoms with Gasteiger partial charge in [-0.1, -0.05) is 18.5 Å². The first-order valence-corrected chi connectivity index (χ1v) is 6.59. The normalized spacial score (nSPS) is 12.2. The van der Waals surface area contributed by atoms with Crippen molar-refractivity contribution in [1.29, 1.82) is 0 Å². The third-order valence-corrected chi connectivity index (χ3v) is 3.58. The van der Waals surface area contributed by atoms with Crippen LogP contribution in [0.4, 0.5) is 0 Å². The summed E-state index contributed by atoms with van der Waals surface area (Å²) in [6.07, 6.45) is 0. The minimum absolute atomic E-state index is 0.0950. The molecule has 0 aliphatic rings. The lowest BCUT2D eigenvalue weighted by molar-refractivity contribution is 0.0948. The number of carbonyl (C=O) groups excluding carboxylic acids is 1. The number of carbonyl (C=O) groups is 1. The molecule has 0 bridgehead atoms. The average molecular weight is 320 g/mol. The quantitative estimate of drug-likeness (QED) is 0.876. The van der Waals surface area contributed by atoms with E-state index in [-0.39, 0.29) is 5.91 Å². The molecule has 0 saturated heterocycles. The van der Waals surface area contributed by atoms with Gasteiger partial charge in [-0.25, -0.2) is 0 Å². The van der Waals surface area contributed by atoms with E-state index in [0.29, 0.717) is 23.0 Å². The molecule has 5 heteroatoms. The molecular weight excluding hydrogens is 304 g/mol. The van der Waals surface area contributed by atoms with E-state index in [1.165, 1.54) is 0 Å². The van der Waals surface area contributed by atoms with Gasteiger partial charge >= 0.3 is 0 Å². The Bertz CT molecular complexity index is 398. The summed E-state index contributed by atoms with van der Waals surface area (Å²) in [7, 11) is 1.90. The molecule has 3 nitrogen and oxygen atoms in total. The second-order valence-electron chi connectivity index (χ2n) is 4.00. The number of amides is 1. The van der Waals surface area contributed by atoms with Crippen molar-refractivity contribution in [3.63, 3.8) is 0 Å². The third-order valence-electron chi connectivity index (χ3n) is 2.35. The first-order chi connectivity index (χ1) is 8.04. The van der Waals surface area contributed by atoms with Gasteiger partial charge < -0.3 is 10.6 Å². The molecule has 1 rings (SSSR count). The van der Waals surface area contributed by atoms with Gasteiger partial charge in [-0.05, 0) is 53.6 Å². The third kappa shape index (κ3) is 4.66. The van der Waals surface area contributed by atoms with Crippen molar-refractivity contribution in [3.8, 4) is 0 Å². The van der Waals surface area contributed by atoms with Gasteiger partial charge in [-0.3, -0.25) is 4.79 Å². The van der Waals surface area contributed by atoms with Crippen LogP contribution in [-0.2, 0) is 0 Å². The number of hydrogen-bond donors (Lipinski definition) is 2. The molecule has 0 saturated carbocycles. The van der Waals surface area contributed by atoms with E-state index in [1.54, 1.807) is 18.2 Å². The molecule has 17 heavy (non-hydrogen) atoms. The summed E-state index contributed by atoms with van der Waals surface area (Å²) in [5, 5.41) is 6.49. The lowest BCUT2D eigenvalue weighted by Crippen LogP contribution is -2.32. The van der Waals surface area contributed by atoms with Crippen molar-refractivity contribution in [2.45, 2.75) is 6.92 Å². The zero-order valence-electron chi connectivity index (χ0n) is 9.89. The molecule has 0 aliphatic carbocycles. The van der Waals surface area contributed by atoms with E-state index in [4.69, 9.17) is 11.6 Å². The first-order valence-electron chi connectivity index (χ1n) is 5.42. The summed E-state index contributed by atoms with van der Waals surface area (Å²) in [6.45, 7) is 3.60. The SMILES string of the molecule is CNCC(C)CNC(=O)c1ccc(Br)c(Cl)c1. The minimum atomic E-state index is -0.0950. The van der Waals surface area contributed by atoms with Crippen LogP contribution in [0.15, 0.2) is 22.7 Å². The molecule has 1 aromatic rings. The van der Waals surface area contributed by atoms with Gasteiger partial charge in [0.2, 0.25) is 0 Å². The fourth-order valence-electron chi connectivity index (χ4n) is 1.43. The number of hydrogen-bond acceptors (Lipinski definition) is 2. The van der Waals surface area contributed by atoms with Gasteiger partial charge in [-0.2, -0.15) is 0 Å². The van der Waals surface area contributed by atoms with Crippen LogP contribution < -0.4 is 10.6 Å². The van der Waals surface area contributed by atoms with Crippen molar-refractivity contribution in [2.24, 2.45) is 5.92 Å². The average Bonchev–Trinajstić information content (AvgIpc) is 2.30. The van der Waals surface area contributed by atoms with Crippen LogP contribution in [0.25, 0.3) is 0 Å². The smallest absolute Gasteiger partial charge is 0.251 e. The Kier molecular flexibility index (Phi) is 5.95. The zero-order valence-corrected chi connectivity index (χ0v) is 12.2. The van der Waals surface area contributed by atoms with Crippen LogP contribution in [0, 0.1) is 5.92 Å². The highest BCUT2D eigenvalue weighted by atomic mass is 79.9. The van der Waals surface area contributed by atoms with Crippen LogP contribution >= 0.6 is 27.5 Å². The molecule has 1 aromatic carbocycles. The molecule has 1 amide bonds. The predicted octanol–water partition coefficient (Wildman–Crippen LogP) is 2.69. The number of halogens is 2. The lowest BCUT2D eigenvalue weighted by Gasteiger charge is -2.12. The summed E-state index contributed by atoms with van der Waals surface area (Å²) >= 11 is 9.22. The van der Waals surface area contributed by atoms with Crippen molar-refractivity contribution in [1.82, 2.24) is 10.6 Å². The van der Waals surface area contributed by atoms with Gasteiger partial charge in [0.05, 0.1) is 5.02 Å². The molecule has 1 unspecified atom stereocenters. The maximum atomic E-state index is 11.8. The summed E-state index contributed by atoms with van der Waals surface area (Å²) in [6, 6.07) is 5.17. The maximum Gasteiger partial charge on any atom is 0.251 e. The molecule has 1 atom stereocenters. The molecule has 0 aromatic heterocycles. The summed E-state index contributed by atoms with van der Waals surface area (Å²) < 4.78 is 0.791. The summed E-state index contributed by atoms with van der Waals surface area (Å²) in [4.78, 5) is 11.8. The van der Waals surface area contributed by atoms with Crippen molar-refractivity contribution < 1.29 is 4.79 Å². The fourth-order valence-corrected chi connectivity index (χ4v) is 1.85. The monoisotopic (exact) mass is 318 g/mol. The Balaban J connectivity index is 2.55. The Morgan fingerprint density at radius 3 is 2.76 bits per heavy atom. The summed E-state index contributed by atoms with van der Waals surface area (Å²) in [5.74, 6) is 0.303. The molecular formula is C12H16BrClN2O. The van der Waals surface area contributed by atoms with Crippen LogP contribution in [0.3, 0.4) is 0 Å². The number of nitrogens with one attached hydrogen (secondary N) is 2. The number of rotatable bonds is 5. The molecule has 0 heterocycles. The highest BCUT2D eigenvalue weighted by Crippen LogP contribution is 2.23. The Hall–Kier alpha value is -0.580. The van der Waals surface area contributed by atoms with E-state index in [1.807, 2.05) is 7.05 Å². The molecule has 94 valence electrons. The number of benzene rings is 1. The molecule has 0 spiro atoms. The molecule has 2 N–H and O–H groups in total. The van der Waals surface area contributed by atoms with E-state index in [2.05, 4.69) is 33.5 Å². The second kappa shape index (κ2) is 6.99. The lowest BCUT2D eigenvalue weighted by atomic mass is 10.1. The van der Waals surface area contributed by atoms with Crippen LogP contribution in [0.5, 0.6) is 0 Å². The largest absolute Gasteiger partial charge is 0.352 e. The standard InChI is InChI=1S/C12H16BrClN2O/c1-8(6-15-2)7-16-12(17)9-3-4-10(13)11(14)5-9/h3-5,8,15H,6-7H2,1-2H3,(H,16,17). The Morgan fingerprint density at radius 2 is 2.18 bits per heavy atom. The van der Waals surface area contributed by atoms with Crippen LogP contribution in [-0.4, -0.2) is 26.0 Å². The van der Waals surface area contributed by atoms with Crippen molar-refractivity contribution >= 4 is 33.4 Å². The topological polar surface area (TPSA) is 41.1 Å². The van der Waals surface area contributed by atoms with E-state index < -0.39 is 0 Å². The van der Waals surface area contributed by atoms with Gasteiger partial charge in [0.1, 0.15) is 0 Å². The van der Waals surface area contributed by atoms with E-state index in [9.17, 15) is 4.79 Å². The van der Waals surface area contributed by atoms with Gasteiger partial charge in [0.15, 0.2) is 0 Å². The maximum absolute atomic E-state index is 11.8. The second-order valence-corrected chi connectivity index (χ2v) is 5.26. The van der Waals surface area contributed by atoms with Crippen molar-refractivity contribution in [2.75, 3.05) is 20.1 Å². The molecule has 0 fully saturated rings. The summed E-state index contributed by atoms with van der Waals surface area (Å²) in [5.41, 5.74) is 0.579. The van der Waals surface area contributed by atoms with Gasteiger partial charge in [-0.15, -0.1) is 0 Å².